The molecule has 2 aromatic rings. The van der Waals surface area contributed by atoms with E-state index < -0.39 is 0 Å². The normalized spacial score (nSPS) is 10.4. The Morgan fingerprint density at radius 2 is 1.68 bits per heavy atom. The average Bonchev–Trinajstić information content (AvgIpc) is 2.43. The largest absolute Gasteiger partial charge is 0.493 e. The van der Waals surface area contributed by atoms with Gasteiger partial charge in [-0.05, 0) is 42.0 Å². The van der Waals surface area contributed by atoms with Gasteiger partial charge in [-0.3, -0.25) is 0 Å². The molecule has 0 aliphatic rings. The van der Waals surface area contributed by atoms with E-state index in [0.29, 0.717) is 0 Å². The minimum atomic E-state index is 0.722. The van der Waals surface area contributed by atoms with E-state index >= 15 is 0 Å². The number of ether oxygens (including phenoxy) is 1. The molecule has 0 aromatic heterocycles. The summed E-state index contributed by atoms with van der Waals surface area (Å²) in [4.78, 5) is 0. The van der Waals surface area contributed by atoms with E-state index in [0.717, 1.165) is 33.4 Å². The highest BCUT2D eigenvalue weighted by molar-refractivity contribution is 9.10. The maximum atomic E-state index is 5.84. The van der Waals surface area contributed by atoms with Crippen molar-refractivity contribution in [1.29, 1.82) is 0 Å². The van der Waals surface area contributed by atoms with Crippen LogP contribution in [-0.2, 0) is 5.75 Å². The van der Waals surface area contributed by atoms with Crippen LogP contribution >= 0.6 is 39.3 Å². The summed E-state index contributed by atoms with van der Waals surface area (Å²) < 4.78 is 6.72. The SMILES string of the molecule is Clc1ccc(CSCCOc2ccc(Br)cc2)cc1. The second-order valence-electron chi connectivity index (χ2n) is 3.98. The molecule has 0 aliphatic heterocycles. The summed E-state index contributed by atoms with van der Waals surface area (Å²) in [5.74, 6) is 2.87. The molecule has 0 heterocycles. The zero-order chi connectivity index (χ0) is 13.5. The van der Waals surface area contributed by atoms with Crippen LogP contribution in [0.1, 0.15) is 5.56 Å². The van der Waals surface area contributed by atoms with E-state index in [9.17, 15) is 0 Å². The van der Waals surface area contributed by atoms with Crippen molar-refractivity contribution in [1.82, 2.24) is 0 Å². The average molecular weight is 358 g/mol. The Morgan fingerprint density at radius 1 is 1.00 bits per heavy atom. The van der Waals surface area contributed by atoms with Gasteiger partial charge in [0.05, 0.1) is 6.61 Å². The maximum absolute atomic E-state index is 5.84. The molecule has 2 aromatic carbocycles. The molecular formula is C15H14BrClOS. The van der Waals surface area contributed by atoms with E-state index in [-0.39, 0.29) is 0 Å². The molecule has 1 nitrogen and oxygen atoms in total. The molecule has 0 spiro atoms. The van der Waals surface area contributed by atoms with Crippen LogP contribution in [0.5, 0.6) is 5.75 Å². The smallest absolute Gasteiger partial charge is 0.119 e. The molecule has 19 heavy (non-hydrogen) atoms. The summed E-state index contributed by atoms with van der Waals surface area (Å²) in [5.41, 5.74) is 1.29. The van der Waals surface area contributed by atoms with Gasteiger partial charge in [0.25, 0.3) is 0 Å². The fraction of sp³-hybridized carbons (Fsp3) is 0.200. The first-order chi connectivity index (χ1) is 9.24. The van der Waals surface area contributed by atoms with Crippen molar-refractivity contribution in [3.63, 3.8) is 0 Å². The lowest BCUT2D eigenvalue weighted by molar-refractivity contribution is 0.344. The molecular weight excluding hydrogens is 344 g/mol. The van der Waals surface area contributed by atoms with Crippen LogP contribution in [0.3, 0.4) is 0 Å². The van der Waals surface area contributed by atoms with Crippen LogP contribution < -0.4 is 4.74 Å². The van der Waals surface area contributed by atoms with Gasteiger partial charge in [-0.15, -0.1) is 0 Å². The van der Waals surface area contributed by atoms with Gasteiger partial charge < -0.3 is 4.74 Å². The number of benzene rings is 2. The van der Waals surface area contributed by atoms with Gasteiger partial charge in [-0.1, -0.05) is 39.7 Å². The first-order valence-electron chi connectivity index (χ1n) is 5.94. The summed E-state index contributed by atoms with van der Waals surface area (Å²) in [5, 5.41) is 0.785. The molecule has 0 N–H and O–H groups in total. The molecule has 2 rings (SSSR count). The fourth-order valence-corrected chi connectivity index (χ4v) is 2.68. The topological polar surface area (TPSA) is 9.23 Å². The highest BCUT2D eigenvalue weighted by Crippen LogP contribution is 2.18. The lowest BCUT2D eigenvalue weighted by Crippen LogP contribution is -2.00. The number of hydrogen-bond donors (Lipinski definition) is 0. The molecule has 0 atom stereocenters. The summed E-state index contributed by atoms with van der Waals surface area (Å²) in [7, 11) is 0. The van der Waals surface area contributed by atoms with Crippen molar-refractivity contribution in [2.75, 3.05) is 12.4 Å². The van der Waals surface area contributed by atoms with Gasteiger partial charge in [0.15, 0.2) is 0 Å². The van der Waals surface area contributed by atoms with Crippen LogP contribution in [-0.4, -0.2) is 12.4 Å². The third-order valence-corrected chi connectivity index (χ3v) is 4.27. The Labute approximate surface area is 131 Å². The molecule has 0 bridgehead atoms. The summed E-state index contributed by atoms with van der Waals surface area (Å²) in [6.07, 6.45) is 0. The van der Waals surface area contributed by atoms with Crippen molar-refractivity contribution in [3.05, 3.63) is 63.6 Å². The lowest BCUT2D eigenvalue weighted by Gasteiger charge is -2.06. The van der Waals surface area contributed by atoms with Crippen molar-refractivity contribution in [2.45, 2.75) is 5.75 Å². The minimum absolute atomic E-state index is 0.722. The molecule has 100 valence electrons. The first kappa shape index (κ1) is 14.8. The van der Waals surface area contributed by atoms with Gasteiger partial charge in [0.1, 0.15) is 5.75 Å². The van der Waals surface area contributed by atoms with Gasteiger partial charge in [0.2, 0.25) is 0 Å². The number of hydrogen-bond acceptors (Lipinski definition) is 2. The monoisotopic (exact) mass is 356 g/mol. The number of halogens is 2. The van der Waals surface area contributed by atoms with E-state index in [1.807, 2.05) is 48.2 Å². The molecule has 0 saturated carbocycles. The predicted octanol–water partition coefficient (Wildman–Crippen LogP) is 5.41. The Kier molecular flexibility index (Phi) is 6.08. The number of thioether (sulfide) groups is 1. The van der Waals surface area contributed by atoms with Gasteiger partial charge >= 0.3 is 0 Å². The van der Waals surface area contributed by atoms with Crippen LogP contribution in [0.15, 0.2) is 53.0 Å². The van der Waals surface area contributed by atoms with Crippen LogP contribution in [0, 0.1) is 0 Å². The van der Waals surface area contributed by atoms with Crippen molar-refractivity contribution < 1.29 is 4.74 Å². The van der Waals surface area contributed by atoms with Crippen LogP contribution in [0.2, 0.25) is 5.02 Å². The Morgan fingerprint density at radius 3 is 2.37 bits per heavy atom. The number of rotatable bonds is 6. The molecule has 0 amide bonds. The molecule has 0 saturated heterocycles. The predicted molar refractivity (Wildman–Crippen MR) is 87.3 cm³/mol. The maximum Gasteiger partial charge on any atom is 0.119 e. The molecule has 0 unspecified atom stereocenters. The van der Waals surface area contributed by atoms with Crippen molar-refractivity contribution in [3.8, 4) is 5.75 Å². The van der Waals surface area contributed by atoms with E-state index in [1.165, 1.54) is 5.56 Å². The van der Waals surface area contributed by atoms with Gasteiger partial charge in [-0.25, -0.2) is 0 Å². The van der Waals surface area contributed by atoms with Crippen LogP contribution in [0.25, 0.3) is 0 Å². The lowest BCUT2D eigenvalue weighted by atomic mass is 10.2. The highest BCUT2D eigenvalue weighted by atomic mass is 79.9. The summed E-state index contributed by atoms with van der Waals surface area (Å²) in [6, 6.07) is 15.9. The Balaban J connectivity index is 1.64. The van der Waals surface area contributed by atoms with Crippen molar-refractivity contribution in [2.24, 2.45) is 0 Å². The van der Waals surface area contributed by atoms with E-state index in [2.05, 4.69) is 28.1 Å². The van der Waals surface area contributed by atoms with Gasteiger partial charge in [-0.2, -0.15) is 11.8 Å². The van der Waals surface area contributed by atoms with Gasteiger partial charge in [0, 0.05) is 21.0 Å². The van der Waals surface area contributed by atoms with Crippen molar-refractivity contribution >= 4 is 39.3 Å². The summed E-state index contributed by atoms with van der Waals surface area (Å²) in [6.45, 7) is 0.722. The second kappa shape index (κ2) is 7.83. The van der Waals surface area contributed by atoms with E-state index in [1.54, 1.807) is 0 Å². The quantitative estimate of drug-likeness (QED) is 0.639. The molecule has 4 heteroatoms. The zero-order valence-electron chi connectivity index (χ0n) is 10.3. The standard InChI is InChI=1S/C15H14BrClOS/c16-13-3-7-15(8-4-13)18-9-10-19-11-12-1-5-14(17)6-2-12/h1-8H,9-11H2. The fourth-order valence-electron chi connectivity index (χ4n) is 1.52. The minimum Gasteiger partial charge on any atom is -0.493 e. The zero-order valence-corrected chi connectivity index (χ0v) is 13.5. The molecule has 0 aliphatic carbocycles. The Bertz CT molecular complexity index is 451. The third-order valence-electron chi connectivity index (χ3n) is 2.49. The second-order valence-corrected chi connectivity index (χ2v) is 6.44. The van der Waals surface area contributed by atoms with E-state index in [4.69, 9.17) is 16.3 Å². The first-order valence-corrected chi connectivity index (χ1v) is 8.27. The highest BCUT2D eigenvalue weighted by Gasteiger charge is 1.96. The molecule has 0 fully saturated rings. The Hall–Kier alpha value is -0.640. The summed E-state index contributed by atoms with van der Waals surface area (Å²) >= 11 is 11.1. The van der Waals surface area contributed by atoms with Crippen LogP contribution in [0.4, 0.5) is 0 Å². The third kappa shape index (κ3) is 5.47. The molecule has 0 radical (unpaired) electrons.